The second-order valence-corrected chi connectivity index (χ2v) is 6.10. The lowest BCUT2D eigenvalue weighted by molar-refractivity contribution is -0.137. The first-order valence-electron chi connectivity index (χ1n) is 6.32. The van der Waals surface area contributed by atoms with E-state index < -0.39 is 22.5 Å². The molecule has 1 aliphatic rings. The van der Waals surface area contributed by atoms with Gasteiger partial charge in [0.1, 0.15) is 0 Å². The van der Waals surface area contributed by atoms with Gasteiger partial charge in [-0.3, -0.25) is 9.11 Å². The van der Waals surface area contributed by atoms with Crippen molar-refractivity contribution in [3.8, 4) is 0 Å². The lowest BCUT2D eigenvalue weighted by Gasteiger charge is -2.26. The number of ether oxygens (including phenoxy) is 1. The molecule has 0 aliphatic carbocycles. The molecule has 20 heavy (non-hydrogen) atoms. The summed E-state index contributed by atoms with van der Waals surface area (Å²) in [6, 6.07) is 4.73. The maximum atomic E-state index is 12.6. The summed E-state index contributed by atoms with van der Waals surface area (Å²) < 4.78 is 55.0. The molecule has 1 unspecified atom stereocenters. The normalized spacial score (nSPS) is 18.9. The molecule has 0 radical (unpaired) electrons. The van der Waals surface area contributed by atoms with Crippen LogP contribution < -0.4 is 0 Å². The smallest absolute Gasteiger partial charge is 0.379 e. The number of hydrogen-bond donors (Lipinski definition) is 0. The van der Waals surface area contributed by atoms with Crippen LogP contribution in [0.4, 0.5) is 13.2 Å². The third kappa shape index (κ3) is 4.29. The summed E-state index contributed by atoms with van der Waals surface area (Å²) in [7, 11) is -1.41. The van der Waals surface area contributed by atoms with Crippen molar-refractivity contribution in [1.82, 2.24) is 4.90 Å². The number of halogens is 3. The van der Waals surface area contributed by atoms with Gasteiger partial charge in [-0.15, -0.1) is 0 Å². The van der Waals surface area contributed by atoms with E-state index in [0.717, 1.165) is 25.2 Å². The van der Waals surface area contributed by atoms with Crippen molar-refractivity contribution >= 4 is 10.8 Å². The Labute approximate surface area is 118 Å². The maximum Gasteiger partial charge on any atom is 0.416 e. The summed E-state index contributed by atoms with van der Waals surface area (Å²) in [4.78, 5) is 2.34. The van der Waals surface area contributed by atoms with E-state index in [-0.39, 0.29) is 4.90 Å². The molecule has 112 valence electrons. The van der Waals surface area contributed by atoms with Gasteiger partial charge < -0.3 is 4.74 Å². The summed E-state index contributed by atoms with van der Waals surface area (Å²) in [6.07, 6.45) is -4.40. The first kappa shape index (κ1) is 15.5. The van der Waals surface area contributed by atoms with Crippen molar-refractivity contribution in [3.05, 3.63) is 29.8 Å². The highest BCUT2D eigenvalue weighted by atomic mass is 32.2. The van der Waals surface area contributed by atoms with Crippen LogP contribution in [-0.4, -0.2) is 47.7 Å². The van der Waals surface area contributed by atoms with Crippen LogP contribution in [0.25, 0.3) is 0 Å². The van der Waals surface area contributed by atoms with Crippen LogP contribution in [0.5, 0.6) is 0 Å². The van der Waals surface area contributed by atoms with Crippen molar-refractivity contribution in [1.29, 1.82) is 0 Å². The Balaban J connectivity index is 1.95. The molecular formula is C13H16F3NO2S. The molecule has 1 fully saturated rings. The minimum atomic E-state index is -4.40. The predicted octanol–water partition coefficient (Wildman–Crippen LogP) is 2.15. The Bertz CT molecular complexity index is 473. The Hall–Kier alpha value is -0.920. The number of nitrogens with zero attached hydrogens (tertiary/aromatic N) is 1. The van der Waals surface area contributed by atoms with Crippen molar-refractivity contribution in [2.24, 2.45) is 0 Å². The van der Waals surface area contributed by atoms with Gasteiger partial charge in [0.05, 0.1) is 29.6 Å². The van der Waals surface area contributed by atoms with Crippen LogP contribution in [0.1, 0.15) is 5.56 Å². The third-order valence-electron chi connectivity index (χ3n) is 3.12. The quantitative estimate of drug-likeness (QED) is 0.853. The van der Waals surface area contributed by atoms with Crippen LogP contribution in [-0.2, 0) is 21.7 Å². The average molecular weight is 307 g/mol. The monoisotopic (exact) mass is 307 g/mol. The number of morpholine rings is 1. The van der Waals surface area contributed by atoms with Crippen LogP contribution in [0.2, 0.25) is 0 Å². The molecule has 0 saturated carbocycles. The Morgan fingerprint density at radius 3 is 2.60 bits per heavy atom. The molecule has 0 amide bonds. The molecule has 0 N–H and O–H groups in total. The van der Waals surface area contributed by atoms with Gasteiger partial charge in [0.25, 0.3) is 0 Å². The molecule has 0 spiro atoms. The summed E-state index contributed by atoms with van der Waals surface area (Å²) in [5.41, 5.74) is -0.755. The summed E-state index contributed by atoms with van der Waals surface area (Å²) >= 11 is 0. The molecule has 1 aliphatic heterocycles. The number of benzene rings is 1. The molecule has 2 rings (SSSR count). The van der Waals surface area contributed by atoms with E-state index in [0.29, 0.717) is 25.5 Å². The standard InChI is InChI=1S/C13H16F3NO2S/c14-13(15,16)11-2-1-3-12(10-11)20(18)9-6-17-4-7-19-8-5-17/h1-3,10H,4-9H2. The van der Waals surface area contributed by atoms with Crippen molar-refractivity contribution in [2.75, 3.05) is 38.6 Å². The largest absolute Gasteiger partial charge is 0.416 e. The zero-order chi connectivity index (χ0) is 14.6. The lowest BCUT2D eigenvalue weighted by atomic mass is 10.2. The first-order valence-corrected chi connectivity index (χ1v) is 7.64. The van der Waals surface area contributed by atoms with Crippen LogP contribution in [0, 0.1) is 0 Å². The van der Waals surface area contributed by atoms with E-state index in [4.69, 9.17) is 4.74 Å². The van der Waals surface area contributed by atoms with Gasteiger partial charge in [0, 0.05) is 30.3 Å². The Morgan fingerprint density at radius 2 is 1.95 bits per heavy atom. The fraction of sp³-hybridized carbons (Fsp3) is 0.538. The highest BCUT2D eigenvalue weighted by molar-refractivity contribution is 7.85. The zero-order valence-corrected chi connectivity index (χ0v) is 11.7. The topological polar surface area (TPSA) is 29.5 Å². The van der Waals surface area contributed by atoms with Crippen LogP contribution in [0.15, 0.2) is 29.2 Å². The fourth-order valence-corrected chi connectivity index (χ4v) is 3.12. The van der Waals surface area contributed by atoms with Gasteiger partial charge in [-0.2, -0.15) is 13.2 Å². The molecule has 3 nitrogen and oxygen atoms in total. The van der Waals surface area contributed by atoms with Crippen molar-refractivity contribution in [2.45, 2.75) is 11.1 Å². The van der Waals surface area contributed by atoms with E-state index in [1.165, 1.54) is 12.1 Å². The molecule has 1 heterocycles. The summed E-state index contributed by atoms with van der Waals surface area (Å²) in [6.45, 7) is 3.46. The third-order valence-corrected chi connectivity index (χ3v) is 4.45. The Kier molecular flexibility index (Phi) is 5.17. The maximum absolute atomic E-state index is 12.6. The van der Waals surface area contributed by atoms with E-state index in [1.807, 2.05) is 0 Å². The van der Waals surface area contributed by atoms with Gasteiger partial charge in [0.2, 0.25) is 0 Å². The van der Waals surface area contributed by atoms with E-state index in [9.17, 15) is 17.4 Å². The zero-order valence-electron chi connectivity index (χ0n) is 10.9. The number of hydrogen-bond acceptors (Lipinski definition) is 3. The second-order valence-electron chi connectivity index (χ2n) is 4.53. The van der Waals surface area contributed by atoms with E-state index in [1.54, 1.807) is 0 Å². The number of rotatable bonds is 4. The van der Waals surface area contributed by atoms with E-state index in [2.05, 4.69) is 4.90 Å². The molecule has 1 saturated heterocycles. The van der Waals surface area contributed by atoms with Crippen molar-refractivity contribution in [3.63, 3.8) is 0 Å². The Morgan fingerprint density at radius 1 is 1.25 bits per heavy atom. The highest BCUT2D eigenvalue weighted by Crippen LogP contribution is 2.30. The van der Waals surface area contributed by atoms with Gasteiger partial charge in [-0.1, -0.05) is 6.07 Å². The molecule has 0 aromatic heterocycles. The van der Waals surface area contributed by atoms with Crippen LogP contribution >= 0.6 is 0 Å². The molecule has 7 heteroatoms. The molecule has 1 aromatic carbocycles. The molecule has 1 atom stereocenters. The van der Waals surface area contributed by atoms with Gasteiger partial charge >= 0.3 is 6.18 Å². The number of alkyl halides is 3. The highest BCUT2D eigenvalue weighted by Gasteiger charge is 2.30. The SMILES string of the molecule is O=S(CCN1CCOCC1)c1cccc(C(F)(F)F)c1. The van der Waals surface area contributed by atoms with Gasteiger partial charge in [-0.05, 0) is 18.2 Å². The summed E-state index contributed by atoms with van der Waals surface area (Å²) in [5, 5.41) is 0. The average Bonchev–Trinajstić information content (AvgIpc) is 2.45. The van der Waals surface area contributed by atoms with Gasteiger partial charge in [0.15, 0.2) is 0 Å². The lowest BCUT2D eigenvalue weighted by Crippen LogP contribution is -2.38. The minimum Gasteiger partial charge on any atom is -0.379 e. The molecular weight excluding hydrogens is 291 g/mol. The van der Waals surface area contributed by atoms with Gasteiger partial charge in [-0.25, -0.2) is 0 Å². The predicted molar refractivity (Wildman–Crippen MR) is 70.0 cm³/mol. The summed E-state index contributed by atoms with van der Waals surface area (Å²) in [5.74, 6) is 0.335. The first-order chi connectivity index (χ1) is 9.47. The van der Waals surface area contributed by atoms with Crippen LogP contribution in [0.3, 0.4) is 0 Å². The minimum absolute atomic E-state index is 0.230. The molecule has 1 aromatic rings. The fourth-order valence-electron chi connectivity index (χ4n) is 1.97. The van der Waals surface area contributed by atoms with E-state index >= 15 is 0 Å². The molecule has 0 bridgehead atoms. The second kappa shape index (κ2) is 6.69. The van der Waals surface area contributed by atoms with Crippen molar-refractivity contribution < 1.29 is 22.1 Å².